The van der Waals surface area contributed by atoms with E-state index in [1.807, 2.05) is 19.1 Å². The number of aryl methyl sites for hydroxylation is 1. The molecule has 1 aromatic carbocycles. The molecule has 0 bridgehead atoms. The molecule has 1 saturated heterocycles. The van der Waals surface area contributed by atoms with E-state index in [0.717, 1.165) is 29.7 Å². The quantitative estimate of drug-likeness (QED) is 0.408. The van der Waals surface area contributed by atoms with E-state index in [2.05, 4.69) is 42.5 Å². The Morgan fingerprint density at radius 2 is 2.04 bits per heavy atom. The first-order valence-corrected chi connectivity index (χ1v) is 8.76. The van der Waals surface area contributed by atoms with E-state index in [1.54, 1.807) is 13.0 Å². The maximum absolute atomic E-state index is 11.3. The maximum Gasteiger partial charge on any atom is 0.293 e. The number of piperazine rings is 1. The van der Waals surface area contributed by atoms with Gasteiger partial charge < -0.3 is 9.42 Å². The molecule has 2 heterocycles. The number of aromatic nitrogens is 2. The van der Waals surface area contributed by atoms with Gasteiger partial charge in [-0.25, -0.2) is 0 Å². The van der Waals surface area contributed by atoms with Gasteiger partial charge in [-0.2, -0.15) is 4.98 Å². The van der Waals surface area contributed by atoms with Crippen LogP contribution in [0.5, 0.6) is 0 Å². The predicted molar refractivity (Wildman–Crippen MR) is 97.0 cm³/mol. The number of nitro groups is 1. The van der Waals surface area contributed by atoms with Crippen LogP contribution >= 0.6 is 22.6 Å². The lowest BCUT2D eigenvalue weighted by molar-refractivity contribution is -0.384. The summed E-state index contributed by atoms with van der Waals surface area (Å²) in [7, 11) is 0. The molecule has 8 nitrogen and oxygen atoms in total. The Labute approximate surface area is 153 Å². The molecule has 1 aliphatic rings. The van der Waals surface area contributed by atoms with Crippen molar-refractivity contribution >= 4 is 34.0 Å². The second-order valence-corrected chi connectivity index (χ2v) is 7.01. The van der Waals surface area contributed by atoms with Crippen LogP contribution in [0.1, 0.15) is 24.7 Å². The predicted octanol–water partition coefficient (Wildman–Crippen LogP) is 2.77. The van der Waals surface area contributed by atoms with Crippen molar-refractivity contribution in [3.8, 4) is 0 Å². The molecule has 1 unspecified atom stereocenters. The van der Waals surface area contributed by atoms with Crippen molar-refractivity contribution in [1.82, 2.24) is 15.0 Å². The van der Waals surface area contributed by atoms with Crippen LogP contribution in [0, 0.1) is 20.6 Å². The van der Waals surface area contributed by atoms with Crippen molar-refractivity contribution in [2.75, 3.05) is 31.1 Å². The molecule has 1 fully saturated rings. The summed E-state index contributed by atoms with van der Waals surface area (Å²) in [6.45, 7) is 6.85. The molecule has 1 aliphatic heterocycles. The highest BCUT2D eigenvalue weighted by Crippen LogP contribution is 2.31. The third-order valence-electron chi connectivity index (χ3n) is 4.24. The van der Waals surface area contributed by atoms with Crippen molar-refractivity contribution in [1.29, 1.82) is 0 Å². The van der Waals surface area contributed by atoms with E-state index in [-0.39, 0.29) is 16.7 Å². The summed E-state index contributed by atoms with van der Waals surface area (Å²) in [5.41, 5.74) is 0.845. The number of hydrogen-bond acceptors (Lipinski definition) is 7. The van der Waals surface area contributed by atoms with Crippen LogP contribution in [-0.4, -0.2) is 46.1 Å². The van der Waals surface area contributed by atoms with Gasteiger partial charge in [-0.15, -0.1) is 0 Å². The molecule has 3 rings (SSSR count). The summed E-state index contributed by atoms with van der Waals surface area (Å²) in [5.74, 6) is 1.24. The van der Waals surface area contributed by atoms with Crippen LogP contribution in [0.3, 0.4) is 0 Å². The van der Waals surface area contributed by atoms with Crippen molar-refractivity contribution in [3.05, 3.63) is 43.6 Å². The summed E-state index contributed by atoms with van der Waals surface area (Å²) in [5, 5.41) is 15.1. The van der Waals surface area contributed by atoms with Gasteiger partial charge in [0.25, 0.3) is 5.69 Å². The van der Waals surface area contributed by atoms with Crippen molar-refractivity contribution in [2.24, 2.45) is 0 Å². The zero-order chi connectivity index (χ0) is 17.3. The number of hydrogen-bond donors (Lipinski definition) is 0. The molecule has 1 atom stereocenters. The zero-order valence-electron chi connectivity index (χ0n) is 13.5. The lowest BCUT2D eigenvalue weighted by atomic mass is 10.2. The molecule has 0 spiro atoms. The number of rotatable bonds is 4. The maximum atomic E-state index is 11.3. The molecular formula is C15H18IN5O3. The largest absolute Gasteiger partial charge is 0.363 e. The topological polar surface area (TPSA) is 88.5 Å². The molecule has 2 aromatic rings. The Balaban J connectivity index is 1.70. The molecule has 0 amide bonds. The Morgan fingerprint density at radius 3 is 2.62 bits per heavy atom. The summed E-state index contributed by atoms with van der Waals surface area (Å²) in [4.78, 5) is 19.6. The summed E-state index contributed by atoms with van der Waals surface area (Å²) in [6, 6.07) is 5.39. The van der Waals surface area contributed by atoms with E-state index in [1.165, 1.54) is 0 Å². The number of benzene rings is 1. The lowest BCUT2D eigenvalue weighted by Gasteiger charge is -2.37. The fourth-order valence-corrected chi connectivity index (χ4v) is 3.37. The molecule has 24 heavy (non-hydrogen) atoms. The lowest BCUT2D eigenvalue weighted by Crippen LogP contribution is -2.47. The SMILES string of the molecule is Cc1noc(C(C)N2CCN(c3ccc(I)cc3[N+](=O)[O-])CC2)n1. The van der Waals surface area contributed by atoms with E-state index >= 15 is 0 Å². The summed E-state index contributed by atoms with van der Waals surface area (Å²) >= 11 is 2.09. The number of anilines is 1. The second kappa shape index (κ2) is 7.01. The van der Waals surface area contributed by atoms with Crippen LogP contribution in [0.2, 0.25) is 0 Å². The van der Waals surface area contributed by atoms with Crippen molar-refractivity contribution in [3.63, 3.8) is 0 Å². The molecule has 9 heteroatoms. The smallest absolute Gasteiger partial charge is 0.293 e. The number of nitrogens with zero attached hydrogens (tertiary/aromatic N) is 5. The molecule has 0 radical (unpaired) electrons. The fourth-order valence-electron chi connectivity index (χ4n) is 2.90. The first kappa shape index (κ1) is 17.1. The molecule has 128 valence electrons. The minimum atomic E-state index is -0.312. The monoisotopic (exact) mass is 443 g/mol. The highest BCUT2D eigenvalue weighted by molar-refractivity contribution is 14.1. The Hall–Kier alpha value is -1.75. The van der Waals surface area contributed by atoms with E-state index in [9.17, 15) is 10.1 Å². The van der Waals surface area contributed by atoms with Gasteiger partial charge in [-0.1, -0.05) is 5.16 Å². The average Bonchev–Trinajstić information content (AvgIpc) is 3.01. The van der Waals surface area contributed by atoms with Gasteiger partial charge >= 0.3 is 0 Å². The van der Waals surface area contributed by atoms with Gasteiger partial charge in [-0.3, -0.25) is 15.0 Å². The highest BCUT2D eigenvalue weighted by Gasteiger charge is 2.28. The van der Waals surface area contributed by atoms with E-state index in [0.29, 0.717) is 17.4 Å². The normalized spacial score (nSPS) is 17.0. The Kier molecular flexibility index (Phi) is 4.99. The van der Waals surface area contributed by atoms with E-state index in [4.69, 9.17) is 4.52 Å². The van der Waals surface area contributed by atoms with E-state index < -0.39 is 0 Å². The zero-order valence-corrected chi connectivity index (χ0v) is 15.6. The minimum Gasteiger partial charge on any atom is -0.363 e. The standard InChI is InChI=1S/C15H18IN5O3/c1-10(15-17-11(2)18-24-15)19-5-7-20(8-6-19)13-4-3-12(16)9-14(13)21(22)23/h3-4,9-10H,5-8H2,1-2H3. The van der Waals surface area contributed by atoms with Crippen LogP contribution in [0.15, 0.2) is 22.7 Å². The van der Waals surface area contributed by atoms with Crippen molar-refractivity contribution < 1.29 is 9.45 Å². The van der Waals surface area contributed by atoms with Crippen LogP contribution in [0.25, 0.3) is 0 Å². The number of halogens is 1. The van der Waals surface area contributed by atoms with Crippen LogP contribution < -0.4 is 4.90 Å². The second-order valence-electron chi connectivity index (χ2n) is 5.77. The van der Waals surface area contributed by atoms with Crippen molar-refractivity contribution in [2.45, 2.75) is 19.9 Å². The molecular weight excluding hydrogens is 425 g/mol. The third kappa shape index (κ3) is 3.51. The minimum absolute atomic E-state index is 0.0417. The van der Waals surface area contributed by atoms with Gasteiger partial charge in [-0.05, 0) is 48.6 Å². The van der Waals surface area contributed by atoms with Gasteiger partial charge in [0.15, 0.2) is 5.82 Å². The molecule has 1 aromatic heterocycles. The summed E-state index contributed by atoms with van der Waals surface area (Å²) in [6.07, 6.45) is 0. The van der Waals surface area contributed by atoms with Gasteiger partial charge in [0, 0.05) is 35.8 Å². The average molecular weight is 443 g/mol. The highest BCUT2D eigenvalue weighted by atomic mass is 127. The first-order valence-electron chi connectivity index (χ1n) is 7.69. The van der Waals surface area contributed by atoms with Crippen LogP contribution in [-0.2, 0) is 0 Å². The number of nitro benzene ring substituents is 1. The summed E-state index contributed by atoms with van der Waals surface area (Å²) < 4.78 is 6.11. The van der Waals surface area contributed by atoms with Crippen LogP contribution in [0.4, 0.5) is 11.4 Å². The molecule has 0 aliphatic carbocycles. The first-order chi connectivity index (χ1) is 11.5. The Bertz CT molecular complexity index is 742. The fraction of sp³-hybridized carbons (Fsp3) is 0.467. The van der Waals surface area contributed by atoms with Gasteiger partial charge in [0.05, 0.1) is 11.0 Å². The molecule has 0 saturated carbocycles. The molecule has 0 N–H and O–H groups in total. The van der Waals surface area contributed by atoms with Gasteiger partial charge in [0.1, 0.15) is 5.69 Å². The third-order valence-corrected chi connectivity index (χ3v) is 4.91. The Morgan fingerprint density at radius 1 is 1.33 bits per heavy atom. The van der Waals surface area contributed by atoms with Gasteiger partial charge in [0.2, 0.25) is 5.89 Å².